The van der Waals surface area contributed by atoms with Gasteiger partial charge in [-0.2, -0.15) is 0 Å². The summed E-state index contributed by atoms with van der Waals surface area (Å²) >= 11 is 0. The van der Waals surface area contributed by atoms with Gasteiger partial charge in [0, 0.05) is 26.2 Å². The first kappa shape index (κ1) is 39.3. The molecule has 1 aliphatic carbocycles. The van der Waals surface area contributed by atoms with Crippen LogP contribution in [0, 0.1) is 11.8 Å². The molecule has 1 fully saturated rings. The van der Waals surface area contributed by atoms with Gasteiger partial charge in [0.2, 0.25) is 0 Å². The zero-order chi connectivity index (χ0) is 31.3. The Balaban J connectivity index is 2.40. The summed E-state index contributed by atoms with van der Waals surface area (Å²) in [4.78, 5) is 15.5. The molecule has 0 heterocycles. The number of ether oxygens (including phenoxy) is 2. The van der Waals surface area contributed by atoms with Crippen molar-refractivity contribution in [3.8, 4) is 0 Å². The van der Waals surface area contributed by atoms with Crippen LogP contribution in [0.5, 0.6) is 0 Å². The number of methoxy groups -OCH3 is 1. The van der Waals surface area contributed by atoms with Gasteiger partial charge in [-0.25, -0.2) is 0 Å². The molecule has 1 aliphatic rings. The van der Waals surface area contributed by atoms with Crippen molar-refractivity contribution in [2.75, 3.05) is 46.6 Å². The predicted octanol–water partition coefficient (Wildman–Crippen LogP) is 3.66. The van der Waals surface area contributed by atoms with Crippen LogP contribution in [0.15, 0.2) is 0 Å². The molecule has 0 amide bonds. The van der Waals surface area contributed by atoms with Gasteiger partial charge >= 0.3 is 5.97 Å². The second-order valence-electron chi connectivity index (χ2n) is 12.4. The molecule has 10 heteroatoms. The van der Waals surface area contributed by atoms with Crippen molar-refractivity contribution in [3.63, 3.8) is 0 Å². The highest BCUT2D eigenvalue weighted by Gasteiger charge is 2.68. The van der Waals surface area contributed by atoms with Gasteiger partial charge in [0.15, 0.2) is 5.79 Å². The molecule has 1 saturated carbocycles. The molecule has 0 spiro atoms. The largest absolute Gasteiger partial charge is 0.465 e. The van der Waals surface area contributed by atoms with E-state index in [1.807, 2.05) is 0 Å². The molecule has 9 nitrogen and oxygen atoms in total. The number of hydrogen-bond donors (Lipinski definition) is 5. The van der Waals surface area contributed by atoms with Crippen LogP contribution in [0.2, 0.25) is 0 Å². The van der Waals surface area contributed by atoms with Gasteiger partial charge in [-0.15, -0.1) is 0 Å². The number of carbonyl (C=O) groups excluding carboxylic acids is 1. The van der Waals surface area contributed by atoms with Crippen LogP contribution in [0.4, 0.5) is 0 Å². The zero-order valence-corrected chi connectivity index (χ0v) is 26.7. The average Bonchev–Trinajstić information content (AvgIpc) is 2.96. The first-order valence-electron chi connectivity index (χ1n) is 16.8. The van der Waals surface area contributed by atoms with Crippen molar-refractivity contribution in [2.24, 2.45) is 11.8 Å². The summed E-state index contributed by atoms with van der Waals surface area (Å²) in [5.74, 6) is -4.75. The quantitative estimate of drug-likeness (QED) is 0.0395. The summed E-state index contributed by atoms with van der Waals surface area (Å²) in [6.45, 7) is 6.65. The van der Waals surface area contributed by atoms with E-state index >= 15 is 0 Å². The van der Waals surface area contributed by atoms with Crippen LogP contribution >= 0.6 is 0 Å². The van der Waals surface area contributed by atoms with Gasteiger partial charge in [-0.1, -0.05) is 71.1 Å². The number of nitrogens with zero attached hydrogens (tertiary/aromatic N) is 1. The van der Waals surface area contributed by atoms with Gasteiger partial charge in [-0.05, 0) is 71.0 Å². The number of carbonyl (C=O) groups is 1. The van der Waals surface area contributed by atoms with E-state index in [9.17, 15) is 25.2 Å². The maximum absolute atomic E-state index is 13.0. The number of hydrogen-bond acceptors (Lipinski definition) is 9. The van der Waals surface area contributed by atoms with Gasteiger partial charge in [0.05, 0.1) is 18.6 Å². The molecule has 4 unspecified atom stereocenters. The summed E-state index contributed by atoms with van der Waals surface area (Å²) < 4.78 is 10.7. The van der Waals surface area contributed by atoms with Gasteiger partial charge in [0.1, 0.15) is 13.3 Å². The molecular formula is C32H62BNO8. The van der Waals surface area contributed by atoms with Crippen LogP contribution < -0.4 is 0 Å². The molecular weight excluding hydrogens is 537 g/mol. The predicted molar refractivity (Wildman–Crippen MR) is 166 cm³/mol. The molecule has 0 saturated heterocycles. The average molecular weight is 600 g/mol. The first-order valence-corrected chi connectivity index (χ1v) is 16.8. The Labute approximate surface area is 256 Å². The number of aliphatic hydroxyl groups is 5. The molecule has 0 bridgehead atoms. The monoisotopic (exact) mass is 599 g/mol. The van der Waals surface area contributed by atoms with Crippen LogP contribution in [0.1, 0.15) is 122 Å². The fourth-order valence-electron chi connectivity index (χ4n) is 5.85. The fourth-order valence-corrected chi connectivity index (χ4v) is 5.85. The van der Waals surface area contributed by atoms with Crippen LogP contribution in [0.25, 0.3) is 0 Å². The lowest BCUT2D eigenvalue weighted by Gasteiger charge is -2.58. The van der Waals surface area contributed by atoms with Crippen molar-refractivity contribution < 1.29 is 39.8 Å². The molecule has 5 N–H and O–H groups in total. The van der Waals surface area contributed by atoms with Crippen molar-refractivity contribution in [3.05, 3.63) is 0 Å². The number of unbranched alkanes of at least 4 members (excludes halogenated alkanes) is 12. The second-order valence-corrected chi connectivity index (χ2v) is 12.4. The summed E-state index contributed by atoms with van der Waals surface area (Å²) in [6, 6.07) is 0. The summed E-state index contributed by atoms with van der Waals surface area (Å²) in [6.07, 6.45) is 15.7. The van der Waals surface area contributed by atoms with E-state index in [2.05, 4.69) is 11.8 Å². The zero-order valence-electron chi connectivity index (χ0n) is 26.7. The topological polar surface area (TPSA) is 140 Å². The Morgan fingerprint density at radius 1 is 0.810 bits per heavy atom. The van der Waals surface area contributed by atoms with E-state index in [1.54, 1.807) is 7.11 Å². The highest BCUT2D eigenvalue weighted by Crippen LogP contribution is 2.47. The molecule has 0 aromatic rings. The summed E-state index contributed by atoms with van der Waals surface area (Å²) in [5, 5.41) is 49.7. The Morgan fingerprint density at radius 2 is 1.33 bits per heavy atom. The number of aliphatic hydroxyl groups excluding tert-OH is 2. The Kier molecular flexibility index (Phi) is 21.2. The van der Waals surface area contributed by atoms with Gasteiger partial charge in [-0.3, -0.25) is 4.79 Å². The molecule has 246 valence electrons. The van der Waals surface area contributed by atoms with E-state index in [-0.39, 0.29) is 19.0 Å². The van der Waals surface area contributed by atoms with E-state index < -0.39 is 29.2 Å². The molecule has 2 radical (unpaired) electrons. The Morgan fingerprint density at radius 3 is 1.90 bits per heavy atom. The van der Waals surface area contributed by atoms with E-state index in [4.69, 9.17) is 22.4 Å². The number of esters is 1. The van der Waals surface area contributed by atoms with Crippen molar-refractivity contribution in [1.82, 2.24) is 4.90 Å². The van der Waals surface area contributed by atoms with Gasteiger partial charge < -0.3 is 39.9 Å². The Bertz CT molecular complexity index is 681. The lowest BCUT2D eigenvalue weighted by Crippen LogP contribution is -2.79. The third-order valence-corrected chi connectivity index (χ3v) is 8.78. The molecule has 0 aromatic heterocycles. The van der Waals surface area contributed by atoms with Crippen molar-refractivity contribution in [2.45, 2.75) is 140 Å². The van der Waals surface area contributed by atoms with Crippen LogP contribution in [0.3, 0.4) is 0 Å². The first-order chi connectivity index (χ1) is 20.1. The SMILES string of the molecule is [B]C1(O)C(O)C(CC(CCCCCCCC)C(=O)OCCCCCCN(CCCCO)CCCCCCOC)C1(O)O. The minimum atomic E-state index is -2.65. The highest BCUT2D eigenvalue weighted by atomic mass is 16.5. The van der Waals surface area contributed by atoms with E-state index in [0.29, 0.717) is 13.0 Å². The minimum absolute atomic E-state index is 0.0000321. The number of rotatable bonds is 28. The summed E-state index contributed by atoms with van der Waals surface area (Å²) in [7, 11) is 7.20. The van der Waals surface area contributed by atoms with E-state index in [0.717, 1.165) is 103 Å². The maximum Gasteiger partial charge on any atom is 0.308 e. The lowest BCUT2D eigenvalue weighted by atomic mass is 9.51. The second kappa shape index (κ2) is 22.7. The molecule has 42 heavy (non-hydrogen) atoms. The molecule has 4 atom stereocenters. The molecule has 0 aromatic carbocycles. The molecule has 1 rings (SSSR count). The van der Waals surface area contributed by atoms with Crippen LogP contribution in [-0.2, 0) is 14.3 Å². The lowest BCUT2D eigenvalue weighted by molar-refractivity contribution is -0.380. The fraction of sp³-hybridized carbons (Fsp3) is 0.969. The standard InChI is InChI=1S/C32H62BNO8/c1-3-4-5-6-7-12-19-27(26-28-29(36)31(33,38)32(28,39)40)30(37)42-25-18-11-9-14-21-34(22-15-16-23-35)20-13-8-10-17-24-41-2/h27-29,35-36,38-40H,3-26H2,1-2H3. The third-order valence-electron chi connectivity index (χ3n) is 8.78. The molecule has 0 aliphatic heterocycles. The van der Waals surface area contributed by atoms with Crippen LogP contribution in [-0.4, -0.2) is 108 Å². The van der Waals surface area contributed by atoms with E-state index in [1.165, 1.54) is 25.7 Å². The summed E-state index contributed by atoms with van der Waals surface area (Å²) in [5.41, 5.74) is -2.51. The van der Waals surface area contributed by atoms with Crippen molar-refractivity contribution in [1.29, 1.82) is 0 Å². The third kappa shape index (κ3) is 14.4. The smallest absolute Gasteiger partial charge is 0.308 e. The normalized spacial score (nSPS) is 22.3. The maximum atomic E-state index is 13.0. The minimum Gasteiger partial charge on any atom is -0.465 e. The van der Waals surface area contributed by atoms with Gasteiger partial charge in [0.25, 0.3) is 0 Å². The highest BCUT2D eigenvalue weighted by molar-refractivity contribution is 6.16. The Hall–Kier alpha value is -0.745. The van der Waals surface area contributed by atoms with Crippen molar-refractivity contribution >= 4 is 13.8 Å².